The number of amides is 2. The van der Waals surface area contributed by atoms with Crippen molar-refractivity contribution in [3.8, 4) is 0 Å². The van der Waals surface area contributed by atoms with Crippen LogP contribution >= 0.6 is 11.3 Å². The molecule has 2 rings (SSSR count). The third kappa shape index (κ3) is 4.54. The Hall–Kier alpha value is -1.47. The van der Waals surface area contributed by atoms with Gasteiger partial charge in [-0.2, -0.15) is 0 Å². The van der Waals surface area contributed by atoms with Crippen LogP contribution in [-0.4, -0.2) is 65.4 Å². The van der Waals surface area contributed by atoms with E-state index in [1.807, 2.05) is 38.2 Å². The van der Waals surface area contributed by atoms with Gasteiger partial charge >= 0.3 is 0 Å². The fourth-order valence-corrected chi connectivity index (χ4v) is 4.01. The van der Waals surface area contributed by atoms with Gasteiger partial charge < -0.3 is 10.2 Å². The predicted molar refractivity (Wildman–Crippen MR) is 96.1 cm³/mol. The maximum Gasteiger partial charge on any atom is 0.239 e. The van der Waals surface area contributed by atoms with Gasteiger partial charge in [0, 0.05) is 37.0 Å². The van der Waals surface area contributed by atoms with E-state index in [1.165, 1.54) is 4.88 Å². The first-order chi connectivity index (χ1) is 11.5. The maximum atomic E-state index is 12.5. The van der Waals surface area contributed by atoms with Crippen LogP contribution in [0.1, 0.15) is 37.3 Å². The number of aromatic nitrogens is 1. The zero-order valence-electron chi connectivity index (χ0n) is 15.0. The quantitative estimate of drug-likeness (QED) is 0.806. The molecule has 1 aliphatic rings. The van der Waals surface area contributed by atoms with Gasteiger partial charge in [-0.25, -0.2) is 4.98 Å². The van der Waals surface area contributed by atoms with E-state index in [0.29, 0.717) is 12.8 Å². The van der Waals surface area contributed by atoms with Crippen molar-refractivity contribution in [2.45, 2.75) is 52.1 Å². The molecule has 7 heteroatoms. The first kappa shape index (κ1) is 18.9. The van der Waals surface area contributed by atoms with Crippen LogP contribution in [0.4, 0.5) is 0 Å². The van der Waals surface area contributed by atoms with E-state index in [9.17, 15) is 9.59 Å². The summed E-state index contributed by atoms with van der Waals surface area (Å²) in [6.45, 7) is 8.14. The zero-order chi connectivity index (χ0) is 17.7. The molecule has 24 heavy (non-hydrogen) atoms. The van der Waals surface area contributed by atoms with Crippen LogP contribution < -0.4 is 5.32 Å². The smallest absolute Gasteiger partial charge is 0.239 e. The highest BCUT2D eigenvalue weighted by molar-refractivity contribution is 7.09. The lowest BCUT2D eigenvalue weighted by Gasteiger charge is -2.26. The minimum Gasteiger partial charge on any atom is -0.352 e. The molecule has 0 unspecified atom stereocenters. The van der Waals surface area contributed by atoms with E-state index in [4.69, 9.17) is 0 Å². The van der Waals surface area contributed by atoms with Gasteiger partial charge in [0.2, 0.25) is 11.8 Å². The third-order valence-corrected chi connectivity index (χ3v) is 5.69. The Kier molecular flexibility index (Phi) is 6.74. The second-order valence-electron chi connectivity index (χ2n) is 6.33. The molecule has 0 saturated carbocycles. The van der Waals surface area contributed by atoms with E-state index < -0.39 is 0 Å². The van der Waals surface area contributed by atoms with Crippen molar-refractivity contribution in [1.29, 1.82) is 0 Å². The van der Waals surface area contributed by atoms with Gasteiger partial charge in [-0.05, 0) is 40.7 Å². The average molecular weight is 353 g/mol. The molecule has 0 bridgehead atoms. The molecule has 0 spiro atoms. The lowest BCUT2D eigenvalue weighted by atomic mass is 10.1. The van der Waals surface area contributed by atoms with Gasteiger partial charge in [0.15, 0.2) is 0 Å². The van der Waals surface area contributed by atoms with Crippen molar-refractivity contribution in [3.05, 3.63) is 16.1 Å². The second-order valence-corrected chi connectivity index (χ2v) is 7.27. The molecule has 1 aromatic heterocycles. The number of nitrogens with zero attached hydrogens (tertiary/aromatic N) is 3. The second kappa shape index (κ2) is 8.58. The summed E-state index contributed by atoms with van der Waals surface area (Å²) in [7, 11) is 1.96. The van der Waals surface area contributed by atoms with E-state index in [-0.39, 0.29) is 23.9 Å². The van der Waals surface area contributed by atoms with Crippen LogP contribution in [-0.2, 0) is 16.0 Å². The molecule has 134 valence electrons. The molecule has 0 radical (unpaired) electrons. The summed E-state index contributed by atoms with van der Waals surface area (Å²) in [6, 6.07) is -0.0755. The number of likely N-dealkylation sites (N-methyl/N-ethyl adjacent to an activating group) is 2. The van der Waals surface area contributed by atoms with E-state index >= 15 is 0 Å². The summed E-state index contributed by atoms with van der Waals surface area (Å²) in [5.41, 5.74) is 2.83. The number of hydrogen-bond acceptors (Lipinski definition) is 5. The lowest BCUT2D eigenvalue weighted by Crippen LogP contribution is -2.44. The largest absolute Gasteiger partial charge is 0.352 e. The van der Waals surface area contributed by atoms with E-state index in [2.05, 4.69) is 15.2 Å². The number of aryl methyl sites for hydroxylation is 2. The van der Waals surface area contributed by atoms with E-state index in [1.54, 1.807) is 11.3 Å². The number of carbonyl (C=O) groups excluding carboxylic acids is 2. The monoisotopic (exact) mass is 352 g/mol. The molecule has 0 aromatic carbocycles. The number of nitrogens with one attached hydrogen (secondary N) is 1. The van der Waals surface area contributed by atoms with Crippen molar-refractivity contribution in [3.63, 3.8) is 0 Å². The fraction of sp³-hybridized carbons (Fsp3) is 0.706. The van der Waals surface area contributed by atoms with Crippen LogP contribution in [0.15, 0.2) is 5.51 Å². The highest BCUT2D eigenvalue weighted by Gasteiger charge is 2.36. The molecule has 1 fully saturated rings. The first-order valence-corrected chi connectivity index (χ1v) is 9.51. The Morgan fingerprint density at radius 2 is 2.12 bits per heavy atom. The highest BCUT2D eigenvalue weighted by Crippen LogP contribution is 2.19. The lowest BCUT2D eigenvalue weighted by molar-refractivity contribution is -0.135. The summed E-state index contributed by atoms with van der Waals surface area (Å²) in [5, 5.41) is 3.08. The van der Waals surface area contributed by atoms with Gasteiger partial charge in [0.05, 0.1) is 17.2 Å². The number of likely N-dealkylation sites (tertiary alicyclic amines) is 1. The minimum atomic E-state index is -0.126. The van der Waals surface area contributed by atoms with Crippen LogP contribution in [0, 0.1) is 6.92 Å². The highest BCUT2D eigenvalue weighted by atomic mass is 32.1. The number of carbonyl (C=O) groups is 2. The van der Waals surface area contributed by atoms with Crippen LogP contribution in [0.3, 0.4) is 0 Å². The van der Waals surface area contributed by atoms with Gasteiger partial charge in [-0.15, -0.1) is 11.3 Å². The number of thiazole rings is 1. The van der Waals surface area contributed by atoms with Crippen molar-refractivity contribution in [2.75, 3.05) is 26.7 Å². The zero-order valence-corrected chi connectivity index (χ0v) is 15.9. The molecule has 2 amide bonds. The van der Waals surface area contributed by atoms with Crippen LogP contribution in [0.2, 0.25) is 0 Å². The summed E-state index contributed by atoms with van der Waals surface area (Å²) in [6.07, 6.45) is 1.89. The molecule has 2 heterocycles. The molecule has 2 atom stereocenters. The Balaban J connectivity index is 1.82. The van der Waals surface area contributed by atoms with Crippen LogP contribution in [0.25, 0.3) is 0 Å². The third-order valence-electron chi connectivity index (χ3n) is 4.70. The van der Waals surface area contributed by atoms with Gasteiger partial charge in [-0.1, -0.05) is 0 Å². The van der Waals surface area contributed by atoms with Crippen molar-refractivity contribution >= 4 is 23.2 Å². The molecule has 6 nitrogen and oxygen atoms in total. The Labute approximate surface area is 148 Å². The fourth-order valence-electron chi connectivity index (χ4n) is 3.23. The summed E-state index contributed by atoms with van der Waals surface area (Å²) >= 11 is 1.60. The van der Waals surface area contributed by atoms with E-state index in [0.717, 1.165) is 31.7 Å². The summed E-state index contributed by atoms with van der Waals surface area (Å²) in [5.74, 6) is 0.219. The molecule has 1 aliphatic heterocycles. The van der Waals surface area contributed by atoms with Crippen molar-refractivity contribution in [2.24, 2.45) is 0 Å². The van der Waals surface area contributed by atoms with Gasteiger partial charge in [0.25, 0.3) is 0 Å². The van der Waals surface area contributed by atoms with Crippen molar-refractivity contribution in [1.82, 2.24) is 20.1 Å². The van der Waals surface area contributed by atoms with Gasteiger partial charge in [-0.3, -0.25) is 14.5 Å². The van der Waals surface area contributed by atoms with Crippen LogP contribution in [0.5, 0.6) is 0 Å². The maximum absolute atomic E-state index is 12.5. The Morgan fingerprint density at radius 3 is 2.71 bits per heavy atom. The topological polar surface area (TPSA) is 65.5 Å². The first-order valence-electron chi connectivity index (χ1n) is 8.63. The van der Waals surface area contributed by atoms with Crippen molar-refractivity contribution < 1.29 is 9.59 Å². The summed E-state index contributed by atoms with van der Waals surface area (Å²) < 4.78 is 0. The Morgan fingerprint density at radius 1 is 1.42 bits per heavy atom. The minimum absolute atomic E-state index is 0.0505. The molecular weight excluding hydrogens is 324 g/mol. The predicted octanol–water partition coefficient (Wildman–Crippen LogP) is 1.44. The van der Waals surface area contributed by atoms with Gasteiger partial charge in [0.1, 0.15) is 0 Å². The average Bonchev–Trinajstić information content (AvgIpc) is 3.12. The standard InChI is InChI=1S/C17H28N4O2S/c1-5-21(6-2)17(23)14-9-13(10-20(14)4)19-16(22)8-7-15-12(3)18-11-24-15/h11,13-14H,5-10H2,1-4H3,(H,19,22)/t13-,14-/m0/s1. The molecule has 1 saturated heterocycles. The molecule has 1 N–H and O–H groups in total. The molecular formula is C17H28N4O2S. The summed E-state index contributed by atoms with van der Waals surface area (Å²) in [4.78, 5) is 34.0. The number of rotatable bonds is 7. The molecule has 0 aliphatic carbocycles. The number of hydrogen-bond donors (Lipinski definition) is 1. The SMILES string of the molecule is CCN(CC)C(=O)[C@@H]1C[C@H](NC(=O)CCc2scnc2C)CN1C. The Bertz CT molecular complexity index is 571. The normalized spacial score (nSPS) is 21.0. The molecule has 1 aromatic rings.